The molecule has 0 radical (unpaired) electrons. The van der Waals surface area contributed by atoms with Gasteiger partial charge in [-0.2, -0.15) is 0 Å². The van der Waals surface area contributed by atoms with Crippen molar-refractivity contribution >= 4 is 41.3 Å². The molecule has 6 nitrogen and oxygen atoms in total. The van der Waals surface area contributed by atoms with E-state index in [1.165, 1.54) is 56.7 Å². The van der Waals surface area contributed by atoms with Crippen LogP contribution in [0.5, 0.6) is 0 Å². The van der Waals surface area contributed by atoms with E-state index in [1.807, 2.05) is 18.4 Å². The first-order valence-corrected chi connectivity index (χ1v) is 12.5. The first-order chi connectivity index (χ1) is 14.7. The minimum Gasteiger partial charge on any atom is -0.383 e. The van der Waals surface area contributed by atoms with Crippen molar-refractivity contribution in [1.82, 2.24) is 20.4 Å². The molecule has 0 amide bonds. The lowest BCUT2D eigenvalue weighted by Crippen LogP contribution is -2.46. The first-order valence-electron chi connectivity index (χ1n) is 11.6. The Morgan fingerprint density at radius 3 is 2.55 bits per heavy atom. The Hall–Kier alpha value is -0.420. The molecule has 0 saturated carbocycles. The predicted molar refractivity (Wildman–Crippen MR) is 143 cm³/mol. The molecule has 0 aromatic carbocycles. The Bertz CT molecular complexity index is 613. The van der Waals surface area contributed by atoms with Gasteiger partial charge in [0.05, 0.1) is 12.6 Å². The highest BCUT2D eigenvalue weighted by Crippen LogP contribution is 2.29. The summed E-state index contributed by atoms with van der Waals surface area (Å²) in [6, 6.07) is 4.88. The van der Waals surface area contributed by atoms with Crippen LogP contribution in [0.15, 0.2) is 22.5 Å². The summed E-state index contributed by atoms with van der Waals surface area (Å²) in [6.45, 7) is 10.9. The van der Waals surface area contributed by atoms with Crippen LogP contribution in [0.1, 0.15) is 43.5 Å². The number of rotatable bonds is 9. The fourth-order valence-corrected chi connectivity index (χ4v) is 5.38. The minimum atomic E-state index is 0. The number of aliphatic imine (C=N–C) groups is 1. The van der Waals surface area contributed by atoms with Gasteiger partial charge in [0, 0.05) is 38.7 Å². The second kappa shape index (κ2) is 14.7. The molecule has 3 heterocycles. The Morgan fingerprint density at radius 1 is 1.19 bits per heavy atom. The van der Waals surface area contributed by atoms with Gasteiger partial charge in [-0.25, -0.2) is 0 Å². The summed E-state index contributed by atoms with van der Waals surface area (Å²) in [7, 11) is 3.66. The SMILES string of the molecule is CN=C(NCC1CCN(CCOC)CC1)NCC(c1cccs1)N1CCC(C)CC1.I. The van der Waals surface area contributed by atoms with Gasteiger partial charge in [-0.15, -0.1) is 35.3 Å². The molecule has 1 aromatic heterocycles. The van der Waals surface area contributed by atoms with Crippen LogP contribution >= 0.6 is 35.3 Å². The van der Waals surface area contributed by atoms with Gasteiger partial charge < -0.3 is 20.3 Å². The minimum absolute atomic E-state index is 0. The number of hydrogen-bond donors (Lipinski definition) is 2. The molecule has 2 fully saturated rings. The highest BCUT2D eigenvalue weighted by Gasteiger charge is 2.25. The highest BCUT2D eigenvalue weighted by molar-refractivity contribution is 14.0. The number of guanidine groups is 1. The number of nitrogens with one attached hydrogen (secondary N) is 2. The third-order valence-electron chi connectivity index (χ3n) is 6.69. The van der Waals surface area contributed by atoms with Crippen LogP contribution < -0.4 is 10.6 Å². The molecular weight excluding hydrogens is 521 g/mol. The summed E-state index contributed by atoms with van der Waals surface area (Å²) in [5, 5.41) is 9.40. The van der Waals surface area contributed by atoms with Crippen LogP contribution in [0.2, 0.25) is 0 Å². The zero-order chi connectivity index (χ0) is 21.2. The van der Waals surface area contributed by atoms with Crippen molar-refractivity contribution in [1.29, 1.82) is 0 Å². The smallest absolute Gasteiger partial charge is 0.191 e. The summed E-state index contributed by atoms with van der Waals surface area (Å²) in [5.41, 5.74) is 0. The molecule has 8 heteroatoms. The Labute approximate surface area is 210 Å². The quantitative estimate of drug-likeness (QED) is 0.273. The van der Waals surface area contributed by atoms with Gasteiger partial charge in [-0.1, -0.05) is 13.0 Å². The van der Waals surface area contributed by atoms with Crippen molar-refractivity contribution in [3.05, 3.63) is 22.4 Å². The van der Waals surface area contributed by atoms with Crippen molar-refractivity contribution in [3.8, 4) is 0 Å². The molecule has 3 rings (SSSR count). The molecule has 2 N–H and O–H groups in total. The standard InChI is InChI=1S/C23H41N5OS.HI/c1-19-6-12-28(13-7-19)21(22-5-4-16-30-22)18-26-23(24-2)25-17-20-8-10-27(11-9-20)14-15-29-3;/h4-5,16,19-21H,6-15,17-18H2,1-3H3,(H2,24,25,26);1H. The number of nitrogens with zero attached hydrogens (tertiary/aromatic N) is 3. The highest BCUT2D eigenvalue weighted by atomic mass is 127. The van der Waals surface area contributed by atoms with Crippen LogP contribution in [-0.4, -0.2) is 82.3 Å². The molecule has 1 atom stereocenters. The van der Waals surface area contributed by atoms with Gasteiger partial charge in [0.15, 0.2) is 5.96 Å². The van der Waals surface area contributed by atoms with Crippen LogP contribution in [0.4, 0.5) is 0 Å². The van der Waals surface area contributed by atoms with E-state index in [4.69, 9.17) is 4.74 Å². The molecule has 0 aliphatic carbocycles. The van der Waals surface area contributed by atoms with Gasteiger partial charge in [0.25, 0.3) is 0 Å². The number of likely N-dealkylation sites (tertiary alicyclic amines) is 2. The Balaban J connectivity index is 0.00000341. The molecule has 2 aliphatic heterocycles. The van der Waals surface area contributed by atoms with E-state index < -0.39 is 0 Å². The lowest BCUT2D eigenvalue weighted by Gasteiger charge is -2.36. The van der Waals surface area contributed by atoms with Crippen LogP contribution in [0.25, 0.3) is 0 Å². The van der Waals surface area contributed by atoms with Crippen LogP contribution in [-0.2, 0) is 4.74 Å². The molecule has 0 bridgehead atoms. The molecule has 178 valence electrons. The van der Waals surface area contributed by atoms with Gasteiger partial charge in [-0.3, -0.25) is 9.89 Å². The van der Waals surface area contributed by atoms with E-state index >= 15 is 0 Å². The summed E-state index contributed by atoms with van der Waals surface area (Å²) >= 11 is 1.87. The lowest BCUT2D eigenvalue weighted by atomic mass is 9.97. The monoisotopic (exact) mass is 563 g/mol. The summed E-state index contributed by atoms with van der Waals surface area (Å²) in [4.78, 5) is 11.1. The zero-order valence-electron chi connectivity index (χ0n) is 19.5. The van der Waals surface area contributed by atoms with Crippen molar-refractivity contribution in [2.24, 2.45) is 16.8 Å². The molecule has 2 saturated heterocycles. The fourth-order valence-electron chi connectivity index (χ4n) is 4.52. The van der Waals surface area contributed by atoms with E-state index in [0.717, 1.165) is 44.0 Å². The number of piperidine rings is 2. The maximum absolute atomic E-state index is 5.21. The van der Waals surface area contributed by atoms with E-state index in [9.17, 15) is 0 Å². The number of halogens is 1. The maximum atomic E-state index is 5.21. The summed E-state index contributed by atoms with van der Waals surface area (Å²) < 4.78 is 5.21. The number of ether oxygens (including phenoxy) is 1. The first kappa shape index (κ1) is 26.8. The third kappa shape index (κ3) is 8.79. The average molecular weight is 564 g/mol. The molecule has 31 heavy (non-hydrogen) atoms. The van der Waals surface area contributed by atoms with Crippen molar-refractivity contribution < 1.29 is 4.74 Å². The van der Waals surface area contributed by atoms with Gasteiger partial charge in [-0.05, 0) is 75.1 Å². The molecule has 0 spiro atoms. The topological polar surface area (TPSA) is 52.1 Å². The van der Waals surface area contributed by atoms with E-state index in [-0.39, 0.29) is 24.0 Å². The fraction of sp³-hybridized carbons (Fsp3) is 0.783. The molecule has 2 aliphatic rings. The second-order valence-corrected chi connectivity index (χ2v) is 9.84. The summed E-state index contributed by atoms with van der Waals surface area (Å²) in [5.74, 6) is 2.51. The normalized spacial score (nSPS) is 20.9. The predicted octanol–water partition coefficient (Wildman–Crippen LogP) is 3.66. The second-order valence-electron chi connectivity index (χ2n) is 8.86. The van der Waals surface area contributed by atoms with Crippen LogP contribution in [0, 0.1) is 11.8 Å². The van der Waals surface area contributed by atoms with E-state index in [0.29, 0.717) is 6.04 Å². The number of thiophene rings is 1. The largest absolute Gasteiger partial charge is 0.383 e. The van der Waals surface area contributed by atoms with Gasteiger partial charge in [0.2, 0.25) is 0 Å². The zero-order valence-corrected chi connectivity index (χ0v) is 22.7. The van der Waals surface area contributed by atoms with Crippen molar-refractivity contribution in [2.45, 2.75) is 38.6 Å². The van der Waals surface area contributed by atoms with Gasteiger partial charge in [0.1, 0.15) is 0 Å². The third-order valence-corrected chi connectivity index (χ3v) is 7.67. The molecule has 1 unspecified atom stereocenters. The maximum Gasteiger partial charge on any atom is 0.191 e. The Kier molecular flexibility index (Phi) is 12.7. The molecule has 1 aromatic rings. The van der Waals surface area contributed by atoms with E-state index in [1.54, 1.807) is 7.11 Å². The molecular formula is C23H42IN5OS. The number of methoxy groups -OCH3 is 1. The van der Waals surface area contributed by atoms with Crippen LogP contribution in [0.3, 0.4) is 0 Å². The van der Waals surface area contributed by atoms with Crippen molar-refractivity contribution in [2.75, 3.05) is 66.6 Å². The van der Waals surface area contributed by atoms with Gasteiger partial charge >= 0.3 is 0 Å². The van der Waals surface area contributed by atoms with E-state index in [2.05, 4.69) is 49.9 Å². The Morgan fingerprint density at radius 2 is 1.94 bits per heavy atom. The average Bonchev–Trinajstić information content (AvgIpc) is 3.31. The van der Waals surface area contributed by atoms with Crippen molar-refractivity contribution in [3.63, 3.8) is 0 Å². The lowest BCUT2D eigenvalue weighted by molar-refractivity contribution is 0.120. The number of hydrogen-bond acceptors (Lipinski definition) is 5. The summed E-state index contributed by atoms with van der Waals surface area (Å²) in [6.07, 6.45) is 5.10.